The molecule has 0 aromatic carbocycles. The lowest BCUT2D eigenvalue weighted by Gasteiger charge is -2.24. The number of nitrogens with one attached hydrogen (secondary N) is 1. The normalized spacial score (nSPS) is 25.7. The van der Waals surface area contributed by atoms with Gasteiger partial charge in [0.1, 0.15) is 34.4 Å². The van der Waals surface area contributed by atoms with Crippen LogP contribution in [-0.4, -0.2) is 52.9 Å². The molecule has 0 radical (unpaired) electrons. The smallest absolute Gasteiger partial charge is 0.339 e. The minimum atomic E-state index is -0.966. The van der Waals surface area contributed by atoms with Gasteiger partial charge in [0.25, 0.3) is 0 Å². The Morgan fingerprint density at radius 3 is 2.76 bits per heavy atom. The molecule has 2 fully saturated rings. The highest BCUT2D eigenvalue weighted by Crippen LogP contribution is 2.33. The predicted molar refractivity (Wildman–Crippen MR) is 149 cm³/mol. The molecular weight excluding hydrogens is 506 g/mol. The van der Waals surface area contributed by atoms with Crippen LogP contribution in [0, 0.1) is 5.92 Å². The zero-order chi connectivity index (χ0) is 27.3. The van der Waals surface area contributed by atoms with Crippen LogP contribution in [0.5, 0.6) is 5.75 Å². The van der Waals surface area contributed by atoms with Crippen molar-refractivity contribution in [3.63, 3.8) is 0 Å². The molecule has 3 heterocycles. The van der Waals surface area contributed by atoms with Crippen LogP contribution in [0.15, 0.2) is 31.5 Å². The zero-order valence-corrected chi connectivity index (χ0v) is 24.0. The van der Waals surface area contributed by atoms with Gasteiger partial charge in [-0.25, -0.2) is 4.79 Å². The molecule has 3 aliphatic rings. The molecule has 1 amide bonds. The summed E-state index contributed by atoms with van der Waals surface area (Å²) in [4.78, 5) is 35.8. The van der Waals surface area contributed by atoms with Gasteiger partial charge in [-0.2, -0.15) is 0 Å². The van der Waals surface area contributed by atoms with Gasteiger partial charge >= 0.3 is 5.63 Å². The summed E-state index contributed by atoms with van der Waals surface area (Å²) in [7, 11) is 0. The molecule has 9 nitrogen and oxygen atoms in total. The van der Waals surface area contributed by atoms with Crippen molar-refractivity contribution in [2.75, 3.05) is 19.0 Å². The number of aliphatic imine (C=N–C) groups is 1. The number of hydrogen-bond donors (Lipinski definition) is 1. The third-order valence-electron chi connectivity index (χ3n) is 7.10. The number of amides is 1. The van der Waals surface area contributed by atoms with Crippen molar-refractivity contribution in [2.45, 2.75) is 103 Å². The summed E-state index contributed by atoms with van der Waals surface area (Å²) in [6.07, 6.45) is 6.83. The Balaban J connectivity index is 1.35. The number of rotatable bonds is 13. The average molecular weight is 548 g/mol. The molecule has 1 saturated heterocycles. The maximum Gasteiger partial charge on any atom is 0.339 e. The molecule has 0 bridgehead atoms. The molecule has 2 aliphatic heterocycles. The molecule has 3 atom stereocenters. The number of oxime groups is 1. The van der Waals surface area contributed by atoms with E-state index >= 15 is 0 Å². The maximum absolute atomic E-state index is 13.4. The van der Waals surface area contributed by atoms with E-state index in [1.165, 1.54) is 17.8 Å². The van der Waals surface area contributed by atoms with Crippen LogP contribution >= 0.6 is 11.8 Å². The van der Waals surface area contributed by atoms with Gasteiger partial charge in [-0.1, -0.05) is 18.5 Å². The van der Waals surface area contributed by atoms with Crippen LogP contribution in [0.25, 0.3) is 0 Å². The zero-order valence-electron chi connectivity index (χ0n) is 23.2. The second-order valence-corrected chi connectivity index (χ2v) is 12.4. The highest BCUT2D eigenvalue weighted by atomic mass is 32.2. The molecule has 1 saturated carbocycles. The summed E-state index contributed by atoms with van der Waals surface area (Å²) in [6, 6.07) is 2.62. The van der Waals surface area contributed by atoms with Gasteiger partial charge in [-0.15, -0.1) is 11.8 Å². The van der Waals surface area contributed by atoms with Crippen LogP contribution in [-0.2, 0) is 14.4 Å². The number of carbonyl (C=O) groups excluding carboxylic acids is 1. The standard InChI is InChI=1S/C28H41N3O6S/c1-6-7-22(23-14-21(15-24(32)36-23)34-16-19-8-9-19)29-26(33)28(5)17-38-25(30-28)18(2)31-35-13-11-20-10-12-27(3,4)37-20/h14-15,19-20,22H,6-13,16-17H2,1-5H3,(H,29,33)/b31-18+/t20?,22-,28+/m1/s1. The minimum absolute atomic E-state index is 0.0573. The van der Waals surface area contributed by atoms with Crippen LogP contribution in [0.2, 0.25) is 0 Å². The summed E-state index contributed by atoms with van der Waals surface area (Å²) in [6.45, 7) is 11.0. The van der Waals surface area contributed by atoms with Crippen LogP contribution in [0.3, 0.4) is 0 Å². The van der Waals surface area contributed by atoms with Gasteiger partial charge in [0.2, 0.25) is 5.91 Å². The molecular formula is C28H41N3O6S. The molecule has 1 N–H and O–H groups in total. The quantitative estimate of drug-likeness (QED) is 0.209. The van der Waals surface area contributed by atoms with E-state index in [4.69, 9.17) is 23.7 Å². The Labute approximate surface area is 229 Å². The van der Waals surface area contributed by atoms with Crippen molar-refractivity contribution in [1.82, 2.24) is 5.32 Å². The number of thioether (sulfide) groups is 1. The lowest BCUT2D eigenvalue weighted by molar-refractivity contribution is -0.125. The summed E-state index contributed by atoms with van der Waals surface area (Å²) in [5.74, 6) is 1.71. The van der Waals surface area contributed by atoms with Crippen molar-refractivity contribution < 1.29 is 23.5 Å². The number of ether oxygens (including phenoxy) is 2. The first-order valence-electron chi connectivity index (χ1n) is 13.7. The minimum Gasteiger partial charge on any atom is -0.493 e. The molecule has 1 aromatic rings. The van der Waals surface area contributed by atoms with Crippen molar-refractivity contribution in [2.24, 2.45) is 16.1 Å². The van der Waals surface area contributed by atoms with E-state index in [0.29, 0.717) is 53.6 Å². The van der Waals surface area contributed by atoms with Crippen molar-refractivity contribution in [1.29, 1.82) is 0 Å². The van der Waals surface area contributed by atoms with Gasteiger partial charge in [0, 0.05) is 18.2 Å². The third kappa shape index (κ3) is 7.85. The van der Waals surface area contributed by atoms with Crippen molar-refractivity contribution in [3.8, 4) is 5.75 Å². The van der Waals surface area contributed by atoms with E-state index in [2.05, 4.69) is 24.3 Å². The Kier molecular flexibility index (Phi) is 9.23. The monoisotopic (exact) mass is 547 g/mol. The van der Waals surface area contributed by atoms with Crippen LogP contribution in [0.1, 0.15) is 91.4 Å². The van der Waals surface area contributed by atoms with E-state index in [9.17, 15) is 9.59 Å². The van der Waals surface area contributed by atoms with Crippen LogP contribution < -0.4 is 15.7 Å². The SMILES string of the molecule is CCC[C@@H](NC(=O)[C@]1(C)CSC(/C(C)=N/OCCC2CCC(C)(C)O2)=N1)c1cc(OCC2CC2)cc(=O)o1. The largest absolute Gasteiger partial charge is 0.493 e. The van der Waals surface area contributed by atoms with Gasteiger partial charge in [-0.05, 0) is 65.7 Å². The molecule has 1 aromatic heterocycles. The summed E-state index contributed by atoms with van der Waals surface area (Å²) < 4.78 is 17.3. The molecule has 10 heteroatoms. The molecule has 4 rings (SSSR count). The fourth-order valence-electron chi connectivity index (χ4n) is 4.56. The Bertz CT molecular complexity index is 1110. The second-order valence-electron chi connectivity index (χ2n) is 11.4. The maximum atomic E-state index is 13.4. The van der Waals surface area contributed by atoms with E-state index < -0.39 is 17.2 Å². The lowest BCUT2D eigenvalue weighted by Crippen LogP contribution is -2.45. The lowest BCUT2D eigenvalue weighted by atomic mass is 10.0. The van der Waals surface area contributed by atoms with Gasteiger partial charge in [0.05, 0.1) is 30.4 Å². The fourth-order valence-corrected chi connectivity index (χ4v) is 5.69. The molecule has 1 unspecified atom stereocenters. The second kappa shape index (κ2) is 12.2. The molecule has 38 heavy (non-hydrogen) atoms. The topological polar surface area (TPSA) is 112 Å². The van der Waals surface area contributed by atoms with Gasteiger partial charge < -0.3 is 24.0 Å². The fraction of sp³-hybridized carbons (Fsp3) is 0.714. The Morgan fingerprint density at radius 2 is 2.08 bits per heavy atom. The van der Waals surface area contributed by atoms with Crippen LogP contribution in [0.4, 0.5) is 0 Å². The number of nitrogens with zero attached hydrogens (tertiary/aromatic N) is 2. The first kappa shape index (κ1) is 28.7. The van der Waals surface area contributed by atoms with E-state index in [0.717, 1.165) is 38.5 Å². The van der Waals surface area contributed by atoms with E-state index in [1.807, 2.05) is 20.8 Å². The molecule has 210 valence electrons. The van der Waals surface area contributed by atoms with Crippen molar-refractivity contribution >= 4 is 28.4 Å². The van der Waals surface area contributed by atoms with Crippen molar-refractivity contribution in [3.05, 3.63) is 28.3 Å². The summed E-state index contributed by atoms with van der Waals surface area (Å²) in [5.41, 5.74) is -0.859. The Hall–Kier alpha value is -2.33. The highest BCUT2D eigenvalue weighted by Gasteiger charge is 2.40. The van der Waals surface area contributed by atoms with E-state index in [1.54, 1.807) is 6.07 Å². The predicted octanol–water partition coefficient (Wildman–Crippen LogP) is 5.03. The average Bonchev–Trinajstić information content (AvgIpc) is 3.51. The number of hydrogen-bond acceptors (Lipinski definition) is 9. The summed E-state index contributed by atoms with van der Waals surface area (Å²) >= 11 is 1.49. The Morgan fingerprint density at radius 1 is 1.29 bits per heavy atom. The molecule has 0 spiro atoms. The number of carbonyl (C=O) groups is 1. The van der Waals surface area contributed by atoms with E-state index in [-0.39, 0.29) is 17.6 Å². The molecule has 1 aliphatic carbocycles. The van der Waals surface area contributed by atoms with Gasteiger partial charge in [0.15, 0.2) is 0 Å². The van der Waals surface area contributed by atoms with Gasteiger partial charge in [-0.3, -0.25) is 9.79 Å². The first-order chi connectivity index (χ1) is 18.1. The summed E-state index contributed by atoms with van der Waals surface area (Å²) in [5, 5.41) is 7.99. The first-order valence-corrected chi connectivity index (χ1v) is 14.7. The highest BCUT2D eigenvalue weighted by molar-refractivity contribution is 8.16. The third-order valence-corrected chi connectivity index (χ3v) is 8.46.